The smallest absolute Gasteiger partial charge is 0.245 e. The van der Waals surface area contributed by atoms with Gasteiger partial charge in [0.25, 0.3) is 0 Å². The molecule has 113 heavy (non-hydrogen) atoms. The van der Waals surface area contributed by atoms with Crippen LogP contribution in [0.4, 0.5) is 40.9 Å². The predicted octanol–water partition coefficient (Wildman–Crippen LogP) is 10.2. The van der Waals surface area contributed by atoms with Crippen molar-refractivity contribution in [1.29, 1.82) is 0 Å². The molecule has 0 bridgehead atoms. The number of carbonyl (C=O) groups is 1. The molecule has 0 amide bonds. The summed E-state index contributed by atoms with van der Waals surface area (Å²) in [5.74, 6) is 8.69. The van der Waals surface area contributed by atoms with E-state index in [4.69, 9.17) is 86.8 Å². The number of anilines is 7. The van der Waals surface area contributed by atoms with Crippen molar-refractivity contribution in [2.75, 3.05) is 111 Å². The van der Waals surface area contributed by atoms with E-state index in [1.54, 1.807) is 123 Å². The van der Waals surface area contributed by atoms with Crippen molar-refractivity contribution in [1.82, 2.24) is 88.4 Å². The molecule has 2 atom stereocenters. The zero-order valence-corrected chi connectivity index (χ0v) is 67.4. The van der Waals surface area contributed by atoms with Gasteiger partial charge in [-0.3, -0.25) is 4.79 Å². The topological polar surface area (TPSA) is 386 Å². The van der Waals surface area contributed by atoms with E-state index in [-0.39, 0.29) is 23.2 Å². The lowest BCUT2D eigenvalue weighted by Gasteiger charge is -2.23. The number of benzene rings is 3. The summed E-state index contributed by atoms with van der Waals surface area (Å²) in [6, 6.07) is 23.8. The molecule has 35 nitrogen and oxygen atoms in total. The molecule has 2 aliphatic rings. The number of fused-ring (bicyclic) bond motifs is 3. The molecule has 0 spiro atoms. The van der Waals surface area contributed by atoms with Gasteiger partial charge in [0.05, 0.1) is 130 Å². The summed E-state index contributed by atoms with van der Waals surface area (Å²) in [6.07, 6.45) is 15.4. The maximum atomic E-state index is 11.2. The van der Waals surface area contributed by atoms with Gasteiger partial charge in [0, 0.05) is 74.2 Å². The van der Waals surface area contributed by atoms with Crippen molar-refractivity contribution in [2.45, 2.75) is 111 Å². The number of carbonyl (C=O) groups excluding carboxylic acids is 1. The van der Waals surface area contributed by atoms with Crippen LogP contribution < -0.4 is 85.2 Å². The fraction of sp³-hybridized carbons (Fsp3) is 0.395. The van der Waals surface area contributed by atoms with Gasteiger partial charge in [0.2, 0.25) is 33.8 Å². The van der Waals surface area contributed by atoms with Gasteiger partial charge in [-0.15, -0.1) is 15.3 Å². The number of nitrogens with zero attached hydrogens (tertiary/aromatic N) is 16. The van der Waals surface area contributed by atoms with E-state index in [1.165, 1.54) is 10.9 Å². The normalized spacial score (nSPS) is 13.7. The number of methoxy groups -OCH3 is 9. The highest BCUT2D eigenvalue weighted by molar-refractivity contribution is 6.28. The van der Waals surface area contributed by atoms with Crippen LogP contribution in [0.25, 0.3) is 33.6 Å². The molecule has 14 rings (SSSR count). The standard InChI is InChI=1S/C27H36N8O4.C22H26ClN7O3.C19H17ClN6O4.C5H11NO.C3H9N/c1-17(2)28-13-18-8-9-21-26(31-27(32-35(18)21)34-10-6-7-19(34)15-36)30-24-14-33(16-29-24)20-11-22(37-3)25(39-5)23(12-20)38-4;1-13(2)24-10-14-6-7-16-21(27-22(23)28-30(14)16)26-19-11-29(12-25-19)15-8-17(31-3)20(33-5)18(9-15)32-4;1-28-14-6-12(7-15(29-2)17(14)30-3)25-8-16(21-10-25)22-18-13-5-4-11(9-27)26(13)24-19(20)23-18;7-4-5-2-1-3-6-5;1-3(2)4/h8-9,11-12,14,16-17,19,28,36H,6-7,10,13,15H2,1-5H3,(H,30,31,32);6-9,11-13,24H,10H2,1-5H3,(H,26,27,28);4-10H,1-3H3,(H,22,23,24);5-7H,1-4H2;3H,4H2,1-2H3/t19-;;;5-;/m0..0./s1. The molecule has 0 unspecified atom stereocenters. The van der Waals surface area contributed by atoms with Crippen LogP contribution in [-0.4, -0.2) is 209 Å². The summed E-state index contributed by atoms with van der Waals surface area (Å²) in [4.78, 5) is 40.1. The zero-order valence-electron chi connectivity index (χ0n) is 65.9. The number of aliphatic hydroxyl groups excluding tert-OH is 2. The minimum Gasteiger partial charge on any atom is -0.493 e. The van der Waals surface area contributed by atoms with E-state index >= 15 is 0 Å². The van der Waals surface area contributed by atoms with E-state index < -0.39 is 0 Å². The van der Waals surface area contributed by atoms with E-state index in [0.717, 1.165) is 71.8 Å². The number of nitrogens with two attached hydrogens (primary N) is 1. The average Bonchev–Trinajstić information content (AvgIpc) is 1.64. The Morgan fingerprint density at radius 2 is 0.894 bits per heavy atom. The van der Waals surface area contributed by atoms with Crippen LogP contribution in [0.1, 0.15) is 89.1 Å². The van der Waals surface area contributed by atoms with Crippen molar-refractivity contribution in [2.24, 2.45) is 5.73 Å². The second-order valence-electron chi connectivity index (χ2n) is 26.6. The van der Waals surface area contributed by atoms with Gasteiger partial charge in [0.15, 0.2) is 58.2 Å². The van der Waals surface area contributed by atoms with Crippen LogP contribution in [-0.2, 0) is 13.1 Å². The number of hydrogen-bond donors (Lipinski definition) is 9. The maximum Gasteiger partial charge on any atom is 0.245 e. The first-order chi connectivity index (χ1) is 54.6. The number of halogens is 2. The van der Waals surface area contributed by atoms with Crippen molar-refractivity contribution >= 4 is 86.9 Å². The fourth-order valence-corrected chi connectivity index (χ4v) is 12.5. The van der Waals surface area contributed by atoms with Crippen molar-refractivity contribution in [3.05, 3.63) is 138 Å². The molecule has 604 valence electrons. The van der Waals surface area contributed by atoms with Crippen molar-refractivity contribution in [3.63, 3.8) is 0 Å². The largest absolute Gasteiger partial charge is 0.493 e. The Morgan fingerprint density at radius 3 is 1.24 bits per heavy atom. The lowest BCUT2D eigenvalue weighted by atomic mass is 10.2. The summed E-state index contributed by atoms with van der Waals surface area (Å²) in [5, 5.41) is 51.6. The molecule has 0 radical (unpaired) electrons. The molecule has 0 aliphatic carbocycles. The van der Waals surface area contributed by atoms with Gasteiger partial charge in [-0.25, -0.2) is 28.5 Å². The van der Waals surface area contributed by atoms with E-state index in [0.29, 0.717) is 154 Å². The first-order valence-electron chi connectivity index (χ1n) is 36.3. The lowest BCUT2D eigenvalue weighted by molar-refractivity contribution is 0.111. The Labute approximate surface area is 663 Å². The van der Waals surface area contributed by atoms with Gasteiger partial charge in [0.1, 0.15) is 58.7 Å². The van der Waals surface area contributed by atoms with E-state index in [9.17, 15) is 9.90 Å². The van der Waals surface area contributed by atoms with Crippen LogP contribution in [0.3, 0.4) is 0 Å². The number of rotatable bonds is 28. The van der Waals surface area contributed by atoms with E-state index in [2.05, 4.69) is 106 Å². The number of ether oxygens (including phenoxy) is 9. The molecule has 2 aliphatic heterocycles. The molecule has 37 heteroatoms. The monoisotopic (exact) mass is 1600 g/mol. The Balaban J connectivity index is 0.000000169. The molecule has 2 fully saturated rings. The Morgan fingerprint density at radius 1 is 0.513 bits per heavy atom. The predicted molar refractivity (Wildman–Crippen MR) is 433 cm³/mol. The molecule has 2 saturated heterocycles. The van der Waals surface area contributed by atoms with Gasteiger partial charge < -0.3 is 109 Å². The Bertz CT molecular complexity index is 5030. The summed E-state index contributed by atoms with van der Waals surface area (Å²) in [5.41, 5.74) is 12.0. The summed E-state index contributed by atoms with van der Waals surface area (Å²) >= 11 is 12.2. The third-order valence-corrected chi connectivity index (χ3v) is 18.0. The van der Waals surface area contributed by atoms with Crippen molar-refractivity contribution < 1.29 is 57.6 Å². The molecular formula is C76H99Cl2N23O12. The van der Waals surface area contributed by atoms with Gasteiger partial charge in [-0.2, -0.15) is 15.0 Å². The quantitative estimate of drug-likeness (QED) is 0.0206. The second kappa shape index (κ2) is 39.6. The third-order valence-electron chi connectivity index (χ3n) is 17.7. The zero-order chi connectivity index (χ0) is 81.0. The van der Waals surface area contributed by atoms with Gasteiger partial charge in [-0.1, -0.05) is 41.5 Å². The van der Waals surface area contributed by atoms with Crippen LogP contribution >= 0.6 is 23.2 Å². The minimum absolute atomic E-state index is 0.00217. The van der Waals surface area contributed by atoms with Crippen LogP contribution in [0.15, 0.2) is 110 Å². The van der Waals surface area contributed by atoms with Crippen molar-refractivity contribution in [3.8, 4) is 68.8 Å². The number of imidazole rings is 3. The molecule has 12 aromatic rings. The van der Waals surface area contributed by atoms with Gasteiger partial charge in [-0.05, 0) is 97.9 Å². The number of aromatic nitrogens is 15. The molecule has 0 saturated carbocycles. The average molecular weight is 1600 g/mol. The Hall–Kier alpha value is -11.4. The highest BCUT2D eigenvalue weighted by Gasteiger charge is 2.29. The first-order valence-corrected chi connectivity index (χ1v) is 37.1. The maximum absolute atomic E-state index is 11.2. The van der Waals surface area contributed by atoms with E-state index in [1.807, 2.05) is 82.4 Å². The molecule has 3 aromatic carbocycles. The molecule has 10 N–H and O–H groups in total. The minimum atomic E-state index is -0.00615. The van der Waals surface area contributed by atoms with Crippen LogP contribution in [0.2, 0.25) is 10.6 Å². The summed E-state index contributed by atoms with van der Waals surface area (Å²) in [7, 11) is 14.1. The molecule has 11 heterocycles. The fourth-order valence-electron chi connectivity index (χ4n) is 12.2. The van der Waals surface area contributed by atoms with Crippen LogP contribution in [0, 0.1) is 0 Å². The highest BCUT2D eigenvalue weighted by atomic mass is 35.5. The number of aliphatic hydroxyl groups is 2. The number of aldehydes is 1. The molecular weight excluding hydrogens is 1500 g/mol. The Kier molecular flexibility index (Phi) is 29.5. The molecule has 9 aromatic heterocycles. The second-order valence-corrected chi connectivity index (χ2v) is 27.3. The van der Waals surface area contributed by atoms with Crippen LogP contribution in [0.5, 0.6) is 51.7 Å². The highest BCUT2D eigenvalue weighted by Crippen LogP contribution is 2.43. The third kappa shape index (κ3) is 20.6. The summed E-state index contributed by atoms with van der Waals surface area (Å²) < 4.78 is 59.5. The number of nitrogens with one attached hydrogen (secondary N) is 6. The SMILES string of the molecule is CC(C)N.COc1cc(-n2cnc(Nc3nc(Cl)nn4c(C=O)ccc34)c2)cc(OC)c1OC.COc1cc(-n2cnc(Nc3nc(Cl)nn4c(CNC(C)C)ccc34)c2)cc(OC)c1OC.COc1cc(-n2cnc(Nc3nc(N4CCC[C@H]4CO)nn4c(CNC(C)C)ccc34)c2)cc(OC)c1OC.OC[C@@H]1CCCN1. The lowest BCUT2D eigenvalue weighted by Crippen LogP contribution is -2.34. The van der Waals surface area contributed by atoms with Gasteiger partial charge >= 0.3 is 0 Å². The number of hydrogen-bond acceptors (Lipinski definition) is 29. The first kappa shape index (κ1) is 84.0. The summed E-state index contributed by atoms with van der Waals surface area (Å²) in [6.45, 7) is 15.9.